The number of rotatable bonds is 9. The molecule has 0 bridgehead atoms. The largest absolute Gasteiger partial charge is 0.507 e. The highest BCUT2D eigenvalue weighted by atomic mass is 16.5. The monoisotopic (exact) mass is 514 g/mol. The van der Waals surface area contributed by atoms with Gasteiger partial charge >= 0.3 is 0 Å². The highest BCUT2D eigenvalue weighted by Gasteiger charge is 2.46. The van der Waals surface area contributed by atoms with Crippen molar-refractivity contribution >= 4 is 23.1 Å². The fourth-order valence-corrected chi connectivity index (χ4v) is 4.54. The lowest BCUT2D eigenvalue weighted by Crippen LogP contribution is -2.29. The predicted molar refractivity (Wildman–Crippen MR) is 148 cm³/mol. The van der Waals surface area contributed by atoms with Crippen molar-refractivity contribution in [2.45, 2.75) is 39.5 Å². The van der Waals surface area contributed by atoms with E-state index in [0.29, 0.717) is 17.9 Å². The number of ether oxygens (including phenoxy) is 2. The molecule has 1 heterocycles. The van der Waals surface area contributed by atoms with E-state index >= 15 is 0 Å². The van der Waals surface area contributed by atoms with Crippen LogP contribution in [-0.2, 0) is 16.1 Å². The second-order valence-electron chi connectivity index (χ2n) is 9.68. The molecule has 1 aliphatic rings. The smallest absolute Gasteiger partial charge is 0.295 e. The van der Waals surface area contributed by atoms with Crippen LogP contribution in [0.2, 0.25) is 0 Å². The zero-order chi connectivity index (χ0) is 27.4. The van der Waals surface area contributed by atoms with Gasteiger partial charge in [-0.1, -0.05) is 36.4 Å². The molecular weight excluding hydrogens is 480 g/mol. The van der Waals surface area contributed by atoms with Gasteiger partial charge in [0.15, 0.2) is 0 Å². The Hall–Kier alpha value is -4.26. The predicted octanol–water partition coefficient (Wildman–Crippen LogP) is 5.56. The van der Waals surface area contributed by atoms with Crippen LogP contribution < -0.4 is 14.4 Å². The topological polar surface area (TPSA) is 79.3 Å². The van der Waals surface area contributed by atoms with Gasteiger partial charge in [0.1, 0.15) is 17.3 Å². The molecule has 0 saturated carbocycles. The highest BCUT2D eigenvalue weighted by Crippen LogP contribution is 2.41. The summed E-state index contributed by atoms with van der Waals surface area (Å²) < 4.78 is 11.3. The van der Waals surface area contributed by atoms with Crippen LogP contribution in [0, 0.1) is 0 Å². The van der Waals surface area contributed by atoms with Gasteiger partial charge in [-0.25, -0.2) is 0 Å². The number of carbonyl (C=O) groups is 2. The molecule has 0 radical (unpaired) electrons. The third-order valence-electron chi connectivity index (χ3n) is 6.33. The van der Waals surface area contributed by atoms with Crippen LogP contribution in [0.5, 0.6) is 11.5 Å². The number of aliphatic hydroxyl groups is 1. The molecular formula is C31H34N2O5. The molecule has 1 saturated heterocycles. The van der Waals surface area contributed by atoms with Gasteiger partial charge in [0, 0.05) is 31.9 Å². The highest BCUT2D eigenvalue weighted by molar-refractivity contribution is 6.46. The van der Waals surface area contributed by atoms with Crippen molar-refractivity contribution < 1.29 is 24.2 Å². The lowest BCUT2D eigenvalue weighted by Gasteiger charge is -2.26. The Morgan fingerprint density at radius 3 is 2.26 bits per heavy atom. The number of anilines is 1. The van der Waals surface area contributed by atoms with Crippen LogP contribution in [0.25, 0.3) is 5.76 Å². The third-order valence-corrected chi connectivity index (χ3v) is 6.33. The fourth-order valence-electron chi connectivity index (χ4n) is 4.54. The minimum absolute atomic E-state index is 0.0534. The summed E-state index contributed by atoms with van der Waals surface area (Å²) in [6.07, 6.45) is -0.0534. The van der Waals surface area contributed by atoms with E-state index in [-0.39, 0.29) is 24.0 Å². The molecule has 3 aromatic rings. The lowest BCUT2D eigenvalue weighted by atomic mass is 9.95. The minimum atomic E-state index is -0.757. The van der Waals surface area contributed by atoms with Gasteiger partial charge in [0.25, 0.3) is 11.7 Å². The average Bonchev–Trinajstić information content (AvgIpc) is 3.14. The zero-order valence-corrected chi connectivity index (χ0v) is 22.5. The van der Waals surface area contributed by atoms with E-state index < -0.39 is 17.7 Å². The van der Waals surface area contributed by atoms with Crippen LogP contribution in [0.1, 0.15) is 43.5 Å². The van der Waals surface area contributed by atoms with Crippen molar-refractivity contribution in [3.8, 4) is 11.5 Å². The number of carbonyl (C=O) groups excluding carboxylic acids is 2. The number of ketones is 1. The molecule has 0 spiro atoms. The molecule has 7 nitrogen and oxygen atoms in total. The standard InChI is InChI=1S/C31H34N2O5/c1-6-37-25-16-10-21(11-17-25)19-33-28(22-12-14-24(15-13-22)32(4)5)27(30(35)31(33)36)29(34)23-8-7-9-26(18-23)38-20(2)3/h7-18,20,28,34H,6,19H2,1-5H3/b29-27-. The average molecular weight is 515 g/mol. The Kier molecular flexibility index (Phi) is 8.05. The Bertz CT molecular complexity index is 1330. The maximum Gasteiger partial charge on any atom is 0.295 e. The summed E-state index contributed by atoms with van der Waals surface area (Å²) in [5.74, 6) is -0.298. The minimum Gasteiger partial charge on any atom is -0.507 e. The molecule has 4 rings (SSSR count). The van der Waals surface area contributed by atoms with Gasteiger partial charge < -0.3 is 24.4 Å². The summed E-state index contributed by atoms with van der Waals surface area (Å²) in [4.78, 5) is 30.3. The SMILES string of the molecule is CCOc1ccc(CN2C(=O)C(=O)/C(=C(\O)c3cccc(OC(C)C)c3)C2c2ccc(N(C)C)cc2)cc1. The zero-order valence-electron chi connectivity index (χ0n) is 22.5. The summed E-state index contributed by atoms with van der Waals surface area (Å²) in [5, 5.41) is 11.4. The molecule has 1 atom stereocenters. The molecule has 3 aromatic carbocycles. The van der Waals surface area contributed by atoms with Crippen molar-refractivity contribution in [3.63, 3.8) is 0 Å². The van der Waals surface area contributed by atoms with Crippen LogP contribution >= 0.6 is 0 Å². The van der Waals surface area contributed by atoms with E-state index in [1.807, 2.05) is 88.3 Å². The van der Waals surface area contributed by atoms with Crippen molar-refractivity contribution in [1.82, 2.24) is 4.90 Å². The number of aliphatic hydroxyl groups excluding tert-OH is 1. The Balaban J connectivity index is 1.79. The summed E-state index contributed by atoms with van der Waals surface area (Å²) in [6.45, 7) is 6.50. The van der Waals surface area contributed by atoms with Crippen LogP contribution in [0.3, 0.4) is 0 Å². The quantitative estimate of drug-likeness (QED) is 0.229. The summed E-state index contributed by atoms with van der Waals surface area (Å²) in [7, 11) is 3.89. The van der Waals surface area contributed by atoms with Gasteiger partial charge in [-0.3, -0.25) is 9.59 Å². The van der Waals surface area contributed by atoms with E-state index in [2.05, 4.69) is 0 Å². The summed E-state index contributed by atoms with van der Waals surface area (Å²) >= 11 is 0. The molecule has 1 aliphatic heterocycles. The van der Waals surface area contributed by atoms with Gasteiger partial charge in [0.2, 0.25) is 0 Å². The van der Waals surface area contributed by atoms with Crippen molar-refractivity contribution in [1.29, 1.82) is 0 Å². The number of hydrogen-bond donors (Lipinski definition) is 1. The van der Waals surface area contributed by atoms with Crippen LogP contribution in [0.15, 0.2) is 78.4 Å². The first-order valence-electron chi connectivity index (χ1n) is 12.7. The molecule has 0 aromatic heterocycles. The molecule has 1 amide bonds. The van der Waals surface area contributed by atoms with Crippen molar-refractivity contribution in [2.75, 3.05) is 25.6 Å². The normalized spacial score (nSPS) is 16.7. The number of benzene rings is 3. The van der Waals surface area contributed by atoms with Gasteiger partial charge in [-0.15, -0.1) is 0 Å². The number of likely N-dealkylation sites (tertiary alicyclic amines) is 1. The first kappa shape index (κ1) is 26.8. The first-order chi connectivity index (χ1) is 18.2. The number of hydrogen-bond acceptors (Lipinski definition) is 6. The number of amides is 1. The lowest BCUT2D eigenvalue weighted by molar-refractivity contribution is -0.140. The Morgan fingerprint density at radius 2 is 1.66 bits per heavy atom. The molecule has 38 heavy (non-hydrogen) atoms. The van der Waals surface area contributed by atoms with Gasteiger partial charge in [-0.05, 0) is 68.3 Å². The molecule has 198 valence electrons. The first-order valence-corrected chi connectivity index (χ1v) is 12.7. The fraction of sp³-hybridized carbons (Fsp3) is 0.290. The third kappa shape index (κ3) is 5.67. The van der Waals surface area contributed by atoms with E-state index in [1.165, 1.54) is 4.90 Å². The van der Waals surface area contributed by atoms with Crippen molar-refractivity contribution in [2.24, 2.45) is 0 Å². The number of nitrogens with zero attached hydrogens (tertiary/aromatic N) is 2. The Labute approximate surface area is 223 Å². The summed E-state index contributed by atoms with van der Waals surface area (Å²) in [6, 6.07) is 21.3. The molecule has 1 N–H and O–H groups in total. The van der Waals surface area contributed by atoms with Gasteiger partial charge in [0.05, 0.1) is 24.3 Å². The molecule has 0 aliphatic carbocycles. The van der Waals surface area contributed by atoms with E-state index in [9.17, 15) is 14.7 Å². The molecule has 1 fully saturated rings. The molecule has 1 unspecified atom stereocenters. The maximum atomic E-state index is 13.4. The van der Waals surface area contributed by atoms with Gasteiger partial charge in [-0.2, -0.15) is 0 Å². The van der Waals surface area contributed by atoms with Crippen molar-refractivity contribution in [3.05, 3.63) is 95.1 Å². The number of Topliss-reactive ketones (excluding diaryl/α,β-unsaturated/α-hetero) is 1. The summed E-state index contributed by atoms with van der Waals surface area (Å²) in [5.41, 5.74) is 3.03. The van der Waals surface area contributed by atoms with E-state index in [0.717, 1.165) is 22.6 Å². The second kappa shape index (κ2) is 11.4. The Morgan fingerprint density at radius 1 is 0.974 bits per heavy atom. The second-order valence-corrected chi connectivity index (χ2v) is 9.68. The van der Waals surface area contributed by atoms with Crippen LogP contribution in [0.4, 0.5) is 5.69 Å². The maximum absolute atomic E-state index is 13.4. The van der Waals surface area contributed by atoms with E-state index in [4.69, 9.17) is 9.47 Å². The van der Waals surface area contributed by atoms with Crippen LogP contribution in [-0.4, -0.2) is 48.5 Å². The molecule has 7 heteroatoms. The van der Waals surface area contributed by atoms with E-state index in [1.54, 1.807) is 24.3 Å².